The van der Waals surface area contributed by atoms with Crippen molar-refractivity contribution in [2.24, 2.45) is 4.99 Å². The van der Waals surface area contributed by atoms with Crippen molar-refractivity contribution < 1.29 is 9.47 Å². The van der Waals surface area contributed by atoms with Gasteiger partial charge in [-0.3, -0.25) is 0 Å². The predicted octanol–water partition coefficient (Wildman–Crippen LogP) is 4.06. The fourth-order valence-electron chi connectivity index (χ4n) is 2.10. The molecule has 1 aliphatic heterocycles. The van der Waals surface area contributed by atoms with Crippen LogP contribution in [0.15, 0.2) is 58.4 Å². The highest BCUT2D eigenvalue weighted by Crippen LogP contribution is 2.31. The van der Waals surface area contributed by atoms with Crippen LogP contribution in [-0.4, -0.2) is 20.1 Å². The van der Waals surface area contributed by atoms with Crippen molar-refractivity contribution in [1.29, 1.82) is 0 Å². The van der Waals surface area contributed by atoms with E-state index in [1.807, 2.05) is 54.6 Å². The van der Waals surface area contributed by atoms with Gasteiger partial charge in [-0.1, -0.05) is 24.3 Å². The van der Waals surface area contributed by atoms with Gasteiger partial charge < -0.3 is 14.2 Å². The Kier molecular flexibility index (Phi) is 4.34. The number of amidine groups is 1. The van der Waals surface area contributed by atoms with E-state index in [0.29, 0.717) is 5.75 Å². The Labute approximate surface area is 134 Å². The molecule has 0 aromatic heterocycles. The summed E-state index contributed by atoms with van der Waals surface area (Å²) < 4.78 is 13.8. The van der Waals surface area contributed by atoms with E-state index in [0.717, 1.165) is 27.7 Å². The van der Waals surface area contributed by atoms with E-state index in [-0.39, 0.29) is 0 Å². The molecule has 0 fully saturated rings. The molecule has 0 amide bonds. The van der Waals surface area contributed by atoms with E-state index >= 15 is 0 Å². The molecule has 0 spiro atoms. The zero-order valence-electron chi connectivity index (χ0n) is 12.4. The van der Waals surface area contributed by atoms with Crippen LogP contribution in [0.1, 0.15) is 5.56 Å². The molecule has 0 bridgehead atoms. The summed E-state index contributed by atoms with van der Waals surface area (Å²) in [4.78, 5) is 5.71. The van der Waals surface area contributed by atoms with Gasteiger partial charge in [-0.15, -0.1) is 0 Å². The Balaban J connectivity index is 1.82. The van der Waals surface area contributed by atoms with Crippen LogP contribution in [-0.2, 0) is 0 Å². The van der Waals surface area contributed by atoms with Crippen molar-refractivity contribution in [3.8, 4) is 11.5 Å². The van der Waals surface area contributed by atoms with Crippen molar-refractivity contribution in [1.82, 2.24) is 4.72 Å². The summed E-state index contributed by atoms with van der Waals surface area (Å²) >= 11 is 1.57. The third kappa shape index (κ3) is 3.09. The molecule has 0 saturated carbocycles. The molecule has 5 heteroatoms. The van der Waals surface area contributed by atoms with Crippen LogP contribution in [0.2, 0.25) is 0 Å². The number of hydrogen-bond acceptors (Lipinski definition) is 5. The van der Waals surface area contributed by atoms with E-state index in [4.69, 9.17) is 9.47 Å². The molecule has 22 heavy (non-hydrogen) atoms. The number of rotatable bonds is 4. The summed E-state index contributed by atoms with van der Waals surface area (Å²) in [5.74, 6) is 2.25. The maximum atomic E-state index is 5.31. The van der Waals surface area contributed by atoms with Crippen molar-refractivity contribution in [2.75, 3.05) is 14.2 Å². The van der Waals surface area contributed by atoms with Crippen LogP contribution in [0.25, 0.3) is 6.08 Å². The fraction of sp³-hybridized carbons (Fsp3) is 0.118. The third-order valence-corrected chi connectivity index (χ3v) is 4.09. The summed E-state index contributed by atoms with van der Waals surface area (Å²) in [6.45, 7) is 0. The number of hydrogen-bond donors (Lipinski definition) is 1. The SMILES string of the molecule is COc1ccc(/C=C/C2=Nc3ccccc3SN2)cc1OC. The van der Waals surface area contributed by atoms with Gasteiger partial charge in [0.25, 0.3) is 0 Å². The fourth-order valence-corrected chi connectivity index (χ4v) is 2.79. The van der Waals surface area contributed by atoms with Gasteiger partial charge in [0.15, 0.2) is 11.5 Å². The minimum absolute atomic E-state index is 0.711. The van der Waals surface area contributed by atoms with E-state index in [1.165, 1.54) is 0 Å². The lowest BCUT2D eigenvalue weighted by atomic mass is 10.2. The van der Waals surface area contributed by atoms with Gasteiger partial charge in [0.2, 0.25) is 0 Å². The Bertz CT molecular complexity index is 741. The molecule has 4 nitrogen and oxygen atoms in total. The zero-order chi connectivity index (χ0) is 15.4. The monoisotopic (exact) mass is 312 g/mol. The average molecular weight is 312 g/mol. The second-order valence-corrected chi connectivity index (χ2v) is 5.46. The molecule has 0 radical (unpaired) electrons. The first-order chi connectivity index (χ1) is 10.8. The average Bonchev–Trinajstić information content (AvgIpc) is 2.59. The lowest BCUT2D eigenvalue weighted by Gasteiger charge is -2.13. The topological polar surface area (TPSA) is 42.8 Å². The van der Waals surface area contributed by atoms with Crippen molar-refractivity contribution in [3.05, 3.63) is 54.1 Å². The minimum Gasteiger partial charge on any atom is -0.493 e. The highest BCUT2D eigenvalue weighted by atomic mass is 32.2. The Hall–Kier alpha value is -2.40. The highest BCUT2D eigenvalue weighted by Gasteiger charge is 2.09. The van der Waals surface area contributed by atoms with Gasteiger partial charge in [0.1, 0.15) is 5.84 Å². The van der Waals surface area contributed by atoms with Crippen LogP contribution in [0, 0.1) is 0 Å². The Morgan fingerprint density at radius 2 is 1.82 bits per heavy atom. The molecule has 1 N–H and O–H groups in total. The number of nitrogens with one attached hydrogen (secondary N) is 1. The summed E-state index contributed by atoms with van der Waals surface area (Å²) in [5.41, 5.74) is 2.00. The summed E-state index contributed by atoms with van der Waals surface area (Å²) in [5, 5.41) is 0. The van der Waals surface area contributed by atoms with E-state index in [2.05, 4.69) is 9.71 Å². The summed E-state index contributed by atoms with van der Waals surface area (Å²) in [7, 11) is 3.26. The molecule has 0 aliphatic carbocycles. The molecular formula is C17H16N2O2S. The number of para-hydroxylation sites is 1. The molecule has 0 unspecified atom stereocenters. The molecule has 2 aromatic rings. The number of ether oxygens (including phenoxy) is 2. The molecule has 3 rings (SSSR count). The maximum Gasteiger partial charge on any atom is 0.161 e. The summed E-state index contributed by atoms with van der Waals surface area (Å²) in [6.07, 6.45) is 3.94. The van der Waals surface area contributed by atoms with Crippen LogP contribution in [0.3, 0.4) is 0 Å². The zero-order valence-corrected chi connectivity index (χ0v) is 13.2. The van der Waals surface area contributed by atoms with Crippen molar-refractivity contribution >= 4 is 29.5 Å². The Morgan fingerprint density at radius 3 is 2.64 bits per heavy atom. The number of aliphatic imine (C=N–C) groups is 1. The number of methoxy groups -OCH3 is 2. The molecule has 112 valence electrons. The second kappa shape index (κ2) is 6.58. The number of benzene rings is 2. The quantitative estimate of drug-likeness (QED) is 0.865. The predicted molar refractivity (Wildman–Crippen MR) is 91.1 cm³/mol. The third-order valence-electron chi connectivity index (χ3n) is 3.21. The van der Waals surface area contributed by atoms with Crippen LogP contribution >= 0.6 is 11.9 Å². The van der Waals surface area contributed by atoms with Gasteiger partial charge in [-0.05, 0) is 47.9 Å². The molecular weight excluding hydrogens is 296 g/mol. The molecule has 0 saturated heterocycles. The first kappa shape index (κ1) is 14.5. The lowest BCUT2D eigenvalue weighted by Crippen LogP contribution is -2.15. The smallest absolute Gasteiger partial charge is 0.161 e. The summed E-state index contributed by atoms with van der Waals surface area (Å²) in [6, 6.07) is 13.8. The second-order valence-electron chi connectivity index (χ2n) is 4.62. The van der Waals surface area contributed by atoms with Crippen LogP contribution in [0.5, 0.6) is 11.5 Å². The molecule has 1 aliphatic rings. The highest BCUT2D eigenvalue weighted by molar-refractivity contribution is 7.98. The first-order valence-electron chi connectivity index (χ1n) is 6.81. The van der Waals surface area contributed by atoms with Crippen LogP contribution in [0.4, 0.5) is 5.69 Å². The van der Waals surface area contributed by atoms with E-state index < -0.39 is 0 Å². The van der Waals surface area contributed by atoms with Gasteiger partial charge in [-0.2, -0.15) is 0 Å². The number of nitrogens with zero attached hydrogens (tertiary/aromatic N) is 1. The standard InChI is InChI=1S/C17H16N2O2S/c1-20-14-9-7-12(11-15(14)21-2)8-10-17-18-13-5-3-4-6-16(13)22-19-17/h3-11H,1-2H3,(H,18,19)/b10-8+. The normalized spacial score (nSPS) is 13.3. The first-order valence-corrected chi connectivity index (χ1v) is 7.62. The lowest BCUT2D eigenvalue weighted by molar-refractivity contribution is 0.355. The van der Waals surface area contributed by atoms with Gasteiger partial charge in [-0.25, -0.2) is 4.99 Å². The maximum absolute atomic E-state index is 5.31. The molecule has 0 atom stereocenters. The van der Waals surface area contributed by atoms with E-state index in [9.17, 15) is 0 Å². The number of fused-ring (bicyclic) bond motifs is 1. The van der Waals surface area contributed by atoms with Gasteiger partial charge in [0.05, 0.1) is 24.8 Å². The Morgan fingerprint density at radius 1 is 1.00 bits per heavy atom. The minimum atomic E-state index is 0.711. The molecule has 1 heterocycles. The van der Waals surface area contributed by atoms with Gasteiger partial charge in [0, 0.05) is 0 Å². The molecule has 2 aromatic carbocycles. The van der Waals surface area contributed by atoms with Gasteiger partial charge >= 0.3 is 0 Å². The van der Waals surface area contributed by atoms with Crippen molar-refractivity contribution in [3.63, 3.8) is 0 Å². The van der Waals surface area contributed by atoms with Crippen LogP contribution < -0.4 is 14.2 Å². The van der Waals surface area contributed by atoms with E-state index in [1.54, 1.807) is 26.2 Å². The largest absolute Gasteiger partial charge is 0.493 e. The van der Waals surface area contributed by atoms with Crippen molar-refractivity contribution in [2.45, 2.75) is 4.90 Å².